The molecule has 1 heterocycles. The fraction of sp³-hybridized carbons (Fsp3) is 0.462. The van der Waals surface area contributed by atoms with E-state index in [1.165, 1.54) is 16.8 Å². The lowest BCUT2D eigenvalue weighted by Gasteiger charge is -2.08. The van der Waals surface area contributed by atoms with Gasteiger partial charge in [0.05, 0.1) is 6.61 Å². The zero-order chi connectivity index (χ0) is 15.7. The smallest absolute Gasteiger partial charge is 0.352 e. The van der Waals surface area contributed by atoms with Crippen LogP contribution in [0.2, 0.25) is 0 Å². The lowest BCUT2D eigenvalue weighted by atomic mass is 10.4. The molecule has 3 N–H and O–H groups in total. The van der Waals surface area contributed by atoms with E-state index in [0.717, 1.165) is 0 Å². The molecule has 0 aliphatic carbocycles. The zero-order valence-corrected chi connectivity index (χ0v) is 11.8. The normalized spacial score (nSPS) is 10.1. The molecule has 0 saturated carbocycles. The fourth-order valence-electron chi connectivity index (χ4n) is 1.65. The van der Waals surface area contributed by atoms with Gasteiger partial charge in [0.1, 0.15) is 12.2 Å². The number of nitrogens with zero attached hydrogens (tertiary/aromatic N) is 1. The van der Waals surface area contributed by atoms with E-state index in [2.05, 4.69) is 10.6 Å². The van der Waals surface area contributed by atoms with Gasteiger partial charge in [-0.25, -0.2) is 4.79 Å². The maximum absolute atomic E-state index is 11.7. The number of aromatic nitrogens is 1. The number of hydrogen-bond donors (Lipinski definition) is 3. The van der Waals surface area contributed by atoms with Gasteiger partial charge in [-0.1, -0.05) is 0 Å². The molecule has 8 nitrogen and oxygen atoms in total. The van der Waals surface area contributed by atoms with Crippen LogP contribution in [0, 0.1) is 0 Å². The molecule has 0 fully saturated rings. The van der Waals surface area contributed by atoms with Gasteiger partial charge in [0.25, 0.3) is 0 Å². The molecule has 0 radical (unpaired) electrons. The van der Waals surface area contributed by atoms with Crippen molar-refractivity contribution in [2.24, 2.45) is 0 Å². The third kappa shape index (κ3) is 6.09. The molecule has 0 atom stereocenters. The summed E-state index contributed by atoms with van der Waals surface area (Å²) in [6, 6.07) is 2.97. The van der Waals surface area contributed by atoms with Gasteiger partial charge < -0.3 is 25.0 Å². The minimum atomic E-state index is -1.09. The maximum atomic E-state index is 11.7. The number of ether oxygens (including phenoxy) is 1. The van der Waals surface area contributed by atoms with Crippen LogP contribution in [0.25, 0.3) is 0 Å². The number of carbonyl (C=O) groups is 3. The van der Waals surface area contributed by atoms with E-state index in [1.54, 1.807) is 13.2 Å². The predicted molar refractivity (Wildman–Crippen MR) is 73.9 cm³/mol. The van der Waals surface area contributed by atoms with Gasteiger partial charge in [-0.05, 0) is 12.1 Å². The van der Waals surface area contributed by atoms with E-state index >= 15 is 0 Å². The van der Waals surface area contributed by atoms with E-state index in [1.807, 2.05) is 0 Å². The summed E-state index contributed by atoms with van der Waals surface area (Å²) in [5.41, 5.74) is 0.0439. The van der Waals surface area contributed by atoms with Crippen molar-refractivity contribution in [1.82, 2.24) is 15.2 Å². The Bertz CT molecular complexity index is 498. The average molecular weight is 297 g/mol. The molecule has 8 heteroatoms. The number of rotatable bonds is 9. The van der Waals surface area contributed by atoms with Crippen molar-refractivity contribution in [2.45, 2.75) is 13.0 Å². The van der Waals surface area contributed by atoms with Gasteiger partial charge in [0.15, 0.2) is 0 Å². The molecule has 0 aliphatic rings. The summed E-state index contributed by atoms with van der Waals surface area (Å²) in [5, 5.41) is 14.1. The minimum absolute atomic E-state index is 0.0439. The Kier molecular flexibility index (Phi) is 6.96. The van der Waals surface area contributed by atoms with Gasteiger partial charge in [0, 0.05) is 32.8 Å². The molecule has 21 heavy (non-hydrogen) atoms. The number of nitrogens with one attached hydrogen (secondary N) is 2. The van der Waals surface area contributed by atoms with Crippen LogP contribution in [0.5, 0.6) is 0 Å². The predicted octanol–water partition coefficient (Wildman–Crippen LogP) is -0.545. The Labute approximate surface area is 122 Å². The highest BCUT2D eigenvalue weighted by atomic mass is 16.5. The van der Waals surface area contributed by atoms with E-state index < -0.39 is 5.97 Å². The Balaban J connectivity index is 2.27. The number of hydrogen-bond acceptors (Lipinski definition) is 4. The van der Waals surface area contributed by atoms with Crippen molar-refractivity contribution in [3.05, 3.63) is 24.0 Å². The highest BCUT2D eigenvalue weighted by Gasteiger charge is 2.11. The Hall–Kier alpha value is -2.35. The number of methoxy groups -OCH3 is 1. The molecule has 0 saturated heterocycles. The summed E-state index contributed by atoms with van der Waals surface area (Å²) >= 11 is 0. The first-order chi connectivity index (χ1) is 10.0. The number of carboxylic acid groups (broad SMARTS) is 1. The second-order valence-electron chi connectivity index (χ2n) is 4.27. The van der Waals surface area contributed by atoms with Crippen LogP contribution in [-0.2, 0) is 20.9 Å². The summed E-state index contributed by atoms with van der Waals surface area (Å²) in [6.45, 7) is 0.958. The molecular weight excluding hydrogens is 278 g/mol. The van der Waals surface area contributed by atoms with Crippen molar-refractivity contribution in [1.29, 1.82) is 0 Å². The van der Waals surface area contributed by atoms with Gasteiger partial charge in [-0.15, -0.1) is 0 Å². The van der Waals surface area contributed by atoms with Crippen LogP contribution in [0.1, 0.15) is 16.9 Å². The molecule has 1 rings (SSSR count). The molecular formula is C13H19N3O5. The van der Waals surface area contributed by atoms with Crippen molar-refractivity contribution >= 4 is 17.8 Å². The topological polar surface area (TPSA) is 110 Å². The van der Waals surface area contributed by atoms with Gasteiger partial charge >= 0.3 is 5.97 Å². The summed E-state index contributed by atoms with van der Waals surface area (Å²) in [7, 11) is 1.54. The quantitative estimate of drug-likeness (QED) is 0.530. The molecule has 0 unspecified atom stereocenters. The maximum Gasteiger partial charge on any atom is 0.352 e. The van der Waals surface area contributed by atoms with Crippen LogP contribution < -0.4 is 10.6 Å². The van der Waals surface area contributed by atoms with Crippen LogP contribution in [-0.4, -0.2) is 54.3 Å². The lowest BCUT2D eigenvalue weighted by Crippen LogP contribution is -2.33. The Morgan fingerprint density at radius 3 is 2.62 bits per heavy atom. The zero-order valence-electron chi connectivity index (χ0n) is 11.8. The van der Waals surface area contributed by atoms with Gasteiger partial charge in [0.2, 0.25) is 11.8 Å². The molecule has 2 amide bonds. The highest BCUT2D eigenvalue weighted by Crippen LogP contribution is 2.01. The summed E-state index contributed by atoms with van der Waals surface area (Å²) in [4.78, 5) is 33.9. The van der Waals surface area contributed by atoms with Crippen molar-refractivity contribution < 1.29 is 24.2 Å². The van der Waals surface area contributed by atoms with Gasteiger partial charge in [-0.3, -0.25) is 9.59 Å². The first-order valence-electron chi connectivity index (χ1n) is 6.45. The summed E-state index contributed by atoms with van der Waals surface area (Å²) < 4.78 is 6.12. The molecule has 0 aromatic carbocycles. The van der Waals surface area contributed by atoms with E-state index in [0.29, 0.717) is 13.2 Å². The largest absolute Gasteiger partial charge is 0.477 e. The SMILES string of the molecule is COCCNC(=O)CCNC(=O)Cn1cccc1C(=O)O. The van der Waals surface area contributed by atoms with E-state index in [-0.39, 0.29) is 37.0 Å². The minimum Gasteiger partial charge on any atom is -0.477 e. The lowest BCUT2D eigenvalue weighted by molar-refractivity contribution is -0.122. The highest BCUT2D eigenvalue weighted by molar-refractivity contribution is 5.87. The van der Waals surface area contributed by atoms with Gasteiger partial charge in [-0.2, -0.15) is 0 Å². The first kappa shape index (κ1) is 16.7. The second-order valence-corrected chi connectivity index (χ2v) is 4.27. The van der Waals surface area contributed by atoms with Crippen LogP contribution in [0.15, 0.2) is 18.3 Å². The van der Waals surface area contributed by atoms with Crippen molar-refractivity contribution in [3.8, 4) is 0 Å². The molecule has 1 aromatic rings. The van der Waals surface area contributed by atoms with E-state index in [4.69, 9.17) is 9.84 Å². The van der Waals surface area contributed by atoms with Crippen molar-refractivity contribution in [2.75, 3.05) is 26.8 Å². The molecule has 1 aromatic heterocycles. The average Bonchev–Trinajstić information content (AvgIpc) is 2.87. The number of amides is 2. The van der Waals surface area contributed by atoms with E-state index in [9.17, 15) is 14.4 Å². The molecule has 116 valence electrons. The number of aromatic carboxylic acids is 1. The Morgan fingerprint density at radius 2 is 1.95 bits per heavy atom. The van der Waals surface area contributed by atoms with Crippen LogP contribution in [0.4, 0.5) is 0 Å². The third-order valence-electron chi connectivity index (χ3n) is 2.67. The molecule has 0 spiro atoms. The summed E-state index contributed by atoms with van der Waals surface area (Å²) in [5.74, 6) is -1.62. The standard InChI is InChI=1S/C13H19N3O5/c1-21-8-6-15-11(17)4-5-14-12(18)9-16-7-2-3-10(16)13(19)20/h2-3,7H,4-6,8-9H2,1H3,(H,14,18)(H,15,17)(H,19,20). The number of carbonyl (C=O) groups excluding carboxylic acids is 2. The monoisotopic (exact) mass is 297 g/mol. The number of carboxylic acids is 1. The molecule has 0 aliphatic heterocycles. The summed E-state index contributed by atoms with van der Waals surface area (Å²) in [6.07, 6.45) is 1.67. The molecule has 0 bridgehead atoms. The second kappa shape index (κ2) is 8.75. The van der Waals surface area contributed by atoms with Crippen molar-refractivity contribution in [3.63, 3.8) is 0 Å². The first-order valence-corrected chi connectivity index (χ1v) is 6.45. The van der Waals surface area contributed by atoms with Crippen LogP contribution >= 0.6 is 0 Å². The third-order valence-corrected chi connectivity index (χ3v) is 2.67. The Morgan fingerprint density at radius 1 is 1.24 bits per heavy atom. The fourth-order valence-corrected chi connectivity index (χ4v) is 1.65. The van der Waals surface area contributed by atoms with Crippen LogP contribution in [0.3, 0.4) is 0 Å².